The topological polar surface area (TPSA) is 71.5 Å². The quantitative estimate of drug-likeness (QED) is 0.766. The Hall–Kier alpha value is -1.92. The SMILES string of the molecule is Cc1cccc(OCCNCc2csc(C(=O)O)n2)c1. The van der Waals surface area contributed by atoms with E-state index >= 15 is 0 Å². The molecule has 2 N–H and O–H groups in total. The summed E-state index contributed by atoms with van der Waals surface area (Å²) in [5, 5.41) is 13.8. The summed E-state index contributed by atoms with van der Waals surface area (Å²) in [6.07, 6.45) is 0. The molecule has 1 aromatic heterocycles. The lowest BCUT2D eigenvalue weighted by Gasteiger charge is -2.07. The molecule has 106 valence electrons. The van der Waals surface area contributed by atoms with Gasteiger partial charge in [0.2, 0.25) is 5.01 Å². The average Bonchev–Trinajstić information content (AvgIpc) is 2.87. The van der Waals surface area contributed by atoms with Crippen molar-refractivity contribution in [3.05, 3.63) is 45.9 Å². The molecule has 0 amide bonds. The summed E-state index contributed by atoms with van der Waals surface area (Å²) >= 11 is 1.14. The molecule has 2 rings (SSSR count). The first kappa shape index (κ1) is 14.5. The van der Waals surface area contributed by atoms with Gasteiger partial charge >= 0.3 is 5.97 Å². The van der Waals surface area contributed by atoms with Gasteiger partial charge in [-0.2, -0.15) is 0 Å². The summed E-state index contributed by atoms with van der Waals surface area (Å²) in [6, 6.07) is 7.89. The van der Waals surface area contributed by atoms with E-state index in [2.05, 4.69) is 10.3 Å². The van der Waals surface area contributed by atoms with Crippen LogP contribution in [0.5, 0.6) is 5.75 Å². The number of carboxylic acid groups (broad SMARTS) is 1. The number of nitrogens with zero attached hydrogens (tertiary/aromatic N) is 1. The number of benzene rings is 1. The lowest BCUT2D eigenvalue weighted by atomic mass is 10.2. The van der Waals surface area contributed by atoms with Crippen LogP contribution >= 0.6 is 11.3 Å². The van der Waals surface area contributed by atoms with Crippen molar-refractivity contribution in [2.45, 2.75) is 13.5 Å². The number of ether oxygens (including phenoxy) is 1. The summed E-state index contributed by atoms with van der Waals surface area (Å²) in [4.78, 5) is 14.7. The highest BCUT2D eigenvalue weighted by Crippen LogP contribution is 2.12. The minimum Gasteiger partial charge on any atom is -0.492 e. The van der Waals surface area contributed by atoms with E-state index in [-0.39, 0.29) is 5.01 Å². The lowest BCUT2D eigenvalue weighted by molar-refractivity contribution is 0.0696. The molecule has 0 unspecified atom stereocenters. The highest BCUT2D eigenvalue weighted by molar-refractivity contribution is 7.11. The summed E-state index contributed by atoms with van der Waals surface area (Å²) in [5.41, 5.74) is 1.90. The Morgan fingerprint density at radius 2 is 2.35 bits per heavy atom. The number of aryl methyl sites for hydroxylation is 1. The first-order valence-electron chi connectivity index (χ1n) is 6.23. The third-order valence-corrected chi connectivity index (χ3v) is 3.46. The van der Waals surface area contributed by atoms with Crippen molar-refractivity contribution in [3.8, 4) is 5.75 Å². The Labute approximate surface area is 121 Å². The zero-order valence-corrected chi connectivity index (χ0v) is 11.9. The van der Waals surface area contributed by atoms with Gasteiger partial charge < -0.3 is 15.2 Å². The number of carbonyl (C=O) groups is 1. The number of aromatic nitrogens is 1. The molecular weight excluding hydrogens is 276 g/mol. The first-order valence-corrected chi connectivity index (χ1v) is 7.11. The second kappa shape index (κ2) is 7.02. The Bertz CT molecular complexity index is 583. The monoisotopic (exact) mass is 292 g/mol. The summed E-state index contributed by atoms with van der Waals surface area (Å²) < 4.78 is 5.59. The van der Waals surface area contributed by atoms with Gasteiger partial charge in [0.15, 0.2) is 0 Å². The highest BCUT2D eigenvalue weighted by Gasteiger charge is 2.08. The van der Waals surface area contributed by atoms with Crippen LogP contribution in [0.2, 0.25) is 0 Å². The third-order valence-electron chi connectivity index (χ3n) is 2.58. The van der Waals surface area contributed by atoms with Crippen LogP contribution in [0.15, 0.2) is 29.6 Å². The van der Waals surface area contributed by atoms with Crippen LogP contribution in [0.3, 0.4) is 0 Å². The average molecular weight is 292 g/mol. The molecule has 5 nitrogen and oxygen atoms in total. The van der Waals surface area contributed by atoms with Crippen LogP contribution in [-0.2, 0) is 6.54 Å². The minimum absolute atomic E-state index is 0.123. The molecule has 2 aromatic rings. The maximum atomic E-state index is 10.7. The molecule has 1 heterocycles. The highest BCUT2D eigenvalue weighted by atomic mass is 32.1. The van der Waals surface area contributed by atoms with E-state index in [1.165, 1.54) is 5.56 Å². The Morgan fingerprint density at radius 1 is 1.50 bits per heavy atom. The van der Waals surface area contributed by atoms with Crippen molar-refractivity contribution in [2.24, 2.45) is 0 Å². The first-order chi connectivity index (χ1) is 9.65. The largest absolute Gasteiger partial charge is 0.492 e. The van der Waals surface area contributed by atoms with Crippen LogP contribution < -0.4 is 10.1 Å². The van der Waals surface area contributed by atoms with Gasteiger partial charge in [0.05, 0.1) is 5.69 Å². The molecule has 0 fully saturated rings. The molecule has 0 radical (unpaired) electrons. The van der Waals surface area contributed by atoms with Crippen LogP contribution in [0.25, 0.3) is 0 Å². The van der Waals surface area contributed by atoms with E-state index in [1.54, 1.807) is 5.38 Å². The number of hydrogen-bond acceptors (Lipinski definition) is 5. The molecule has 0 bridgehead atoms. The normalized spacial score (nSPS) is 10.4. The zero-order chi connectivity index (χ0) is 14.4. The standard InChI is InChI=1S/C14H16N2O3S/c1-10-3-2-4-12(7-10)19-6-5-15-8-11-9-20-13(16-11)14(17)18/h2-4,7,9,15H,5-6,8H2,1H3,(H,17,18). The number of carboxylic acids is 1. The Balaban J connectivity index is 1.67. The second-order valence-corrected chi connectivity index (χ2v) is 5.15. The predicted molar refractivity (Wildman–Crippen MR) is 77.5 cm³/mol. The molecule has 1 aromatic carbocycles. The maximum absolute atomic E-state index is 10.7. The maximum Gasteiger partial charge on any atom is 0.365 e. The molecule has 0 saturated heterocycles. The number of rotatable bonds is 7. The molecular formula is C14H16N2O3S. The molecule has 20 heavy (non-hydrogen) atoms. The smallest absolute Gasteiger partial charge is 0.365 e. The number of aromatic carboxylic acids is 1. The summed E-state index contributed by atoms with van der Waals surface area (Å²) in [5.74, 6) is -0.127. The van der Waals surface area contributed by atoms with Crippen molar-refractivity contribution >= 4 is 17.3 Å². The lowest BCUT2D eigenvalue weighted by Crippen LogP contribution is -2.20. The molecule has 0 aliphatic rings. The van der Waals surface area contributed by atoms with Crippen molar-refractivity contribution in [2.75, 3.05) is 13.2 Å². The predicted octanol–water partition coefficient (Wildman–Crippen LogP) is 2.32. The summed E-state index contributed by atoms with van der Waals surface area (Å²) in [7, 11) is 0. The fourth-order valence-electron chi connectivity index (χ4n) is 1.65. The van der Waals surface area contributed by atoms with Gasteiger partial charge in [-0.25, -0.2) is 9.78 Å². The Morgan fingerprint density at radius 3 is 3.05 bits per heavy atom. The van der Waals surface area contributed by atoms with Crippen molar-refractivity contribution in [3.63, 3.8) is 0 Å². The van der Waals surface area contributed by atoms with Crippen LogP contribution in [0, 0.1) is 6.92 Å². The van der Waals surface area contributed by atoms with Gasteiger partial charge in [0, 0.05) is 18.5 Å². The van der Waals surface area contributed by atoms with E-state index in [1.807, 2.05) is 31.2 Å². The zero-order valence-electron chi connectivity index (χ0n) is 11.1. The molecule has 0 spiro atoms. The van der Waals surface area contributed by atoms with Crippen molar-refractivity contribution < 1.29 is 14.6 Å². The van der Waals surface area contributed by atoms with E-state index in [0.717, 1.165) is 22.8 Å². The van der Waals surface area contributed by atoms with Gasteiger partial charge in [-0.05, 0) is 24.6 Å². The van der Waals surface area contributed by atoms with E-state index in [4.69, 9.17) is 9.84 Å². The van der Waals surface area contributed by atoms with Gasteiger partial charge in [-0.1, -0.05) is 12.1 Å². The van der Waals surface area contributed by atoms with Crippen LogP contribution in [0.1, 0.15) is 21.1 Å². The number of nitrogens with one attached hydrogen (secondary N) is 1. The van der Waals surface area contributed by atoms with E-state index < -0.39 is 5.97 Å². The minimum atomic E-state index is -0.982. The van der Waals surface area contributed by atoms with Gasteiger partial charge in [-0.15, -0.1) is 11.3 Å². The van der Waals surface area contributed by atoms with Gasteiger partial charge in [0.1, 0.15) is 12.4 Å². The fraction of sp³-hybridized carbons (Fsp3) is 0.286. The summed E-state index contributed by atoms with van der Waals surface area (Å²) in [6.45, 7) is 3.79. The van der Waals surface area contributed by atoms with Crippen molar-refractivity contribution in [1.29, 1.82) is 0 Å². The molecule has 0 aliphatic heterocycles. The van der Waals surface area contributed by atoms with Gasteiger partial charge in [0.25, 0.3) is 0 Å². The molecule has 0 atom stereocenters. The van der Waals surface area contributed by atoms with Crippen LogP contribution in [0.4, 0.5) is 0 Å². The van der Waals surface area contributed by atoms with E-state index in [9.17, 15) is 4.79 Å². The van der Waals surface area contributed by atoms with Gasteiger partial charge in [-0.3, -0.25) is 0 Å². The fourth-order valence-corrected chi connectivity index (χ4v) is 2.30. The second-order valence-electron chi connectivity index (χ2n) is 4.29. The number of hydrogen-bond donors (Lipinski definition) is 2. The molecule has 0 saturated carbocycles. The van der Waals surface area contributed by atoms with Crippen molar-refractivity contribution in [1.82, 2.24) is 10.3 Å². The van der Waals surface area contributed by atoms with E-state index in [0.29, 0.717) is 19.7 Å². The number of thiazole rings is 1. The Kier molecular flexibility index (Phi) is 5.09. The third kappa shape index (κ3) is 4.32. The molecule has 0 aliphatic carbocycles. The molecule has 6 heteroatoms. The van der Waals surface area contributed by atoms with Crippen LogP contribution in [-0.4, -0.2) is 29.2 Å².